The Morgan fingerprint density at radius 2 is 1.81 bits per heavy atom. The maximum atomic E-state index is 6.14. The van der Waals surface area contributed by atoms with Gasteiger partial charge in [-0.15, -0.1) is 10.2 Å². The van der Waals surface area contributed by atoms with Crippen LogP contribution in [0, 0.1) is 6.92 Å². The molecule has 0 spiro atoms. The molecule has 0 amide bonds. The van der Waals surface area contributed by atoms with Gasteiger partial charge < -0.3 is 10.5 Å². The number of hydrogen-bond acceptors (Lipinski definition) is 5. The van der Waals surface area contributed by atoms with Crippen molar-refractivity contribution in [2.45, 2.75) is 26.6 Å². The van der Waals surface area contributed by atoms with Crippen LogP contribution in [0.25, 0.3) is 5.69 Å². The lowest BCUT2D eigenvalue weighted by atomic mass is 10.00. The van der Waals surface area contributed by atoms with Gasteiger partial charge in [0.1, 0.15) is 24.7 Å². The van der Waals surface area contributed by atoms with Gasteiger partial charge in [-0.3, -0.25) is 9.56 Å². The number of hydrogen-bond donors (Lipinski definition) is 1. The lowest BCUT2D eigenvalue weighted by molar-refractivity contribution is 0.306. The van der Waals surface area contributed by atoms with Gasteiger partial charge in [0.05, 0.1) is 11.4 Å². The van der Waals surface area contributed by atoms with Gasteiger partial charge in [-0.2, -0.15) is 0 Å². The molecule has 6 nitrogen and oxygen atoms in total. The van der Waals surface area contributed by atoms with E-state index < -0.39 is 0 Å². The summed E-state index contributed by atoms with van der Waals surface area (Å²) in [5, 5.41) is 9.25. The molecule has 0 radical (unpaired) electrons. The van der Waals surface area contributed by atoms with E-state index in [2.05, 4.69) is 20.8 Å². The van der Waals surface area contributed by atoms with Crippen LogP contribution in [0.3, 0.4) is 0 Å². The molecule has 160 valence electrons. The molecule has 2 heterocycles. The molecular formula is C25H22ClN5O. The van der Waals surface area contributed by atoms with Crippen LogP contribution in [-0.4, -0.2) is 20.5 Å². The Morgan fingerprint density at radius 1 is 1.00 bits per heavy atom. The first kappa shape index (κ1) is 20.4. The standard InChI is InChI=1S/C25H22ClN5O/c1-16-29-30-24-14-28-25(19-5-7-20(26)8-6-19)22-12-21(9-10-23(22)31(16)24)32-15-18-4-2-3-17(11-18)13-27/h2-12H,13-15,27H2,1H3. The summed E-state index contributed by atoms with van der Waals surface area (Å²) in [7, 11) is 0. The van der Waals surface area contributed by atoms with E-state index in [1.807, 2.05) is 67.6 Å². The maximum absolute atomic E-state index is 6.14. The quantitative estimate of drug-likeness (QED) is 0.488. The van der Waals surface area contributed by atoms with Crippen molar-refractivity contribution in [2.75, 3.05) is 0 Å². The minimum Gasteiger partial charge on any atom is -0.489 e. The second-order valence-electron chi connectivity index (χ2n) is 7.66. The highest BCUT2D eigenvalue weighted by Crippen LogP contribution is 2.29. The number of fused-ring (bicyclic) bond motifs is 3. The Balaban J connectivity index is 1.54. The van der Waals surface area contributed by atoms with Gasteiger partial charge in [-0.05, 0) is 48.4 Å². The molecule has 3 aromatic carbocycles. The highest BCUT2D eigenvalue weighted by Gasteiger charge is 2.22. The smallest absolute Gasteiger partial charge is 0.159 e. The van der Waals surface area contributed by atoms with Crippen LogP contribution in [0.15, 0.2) is 71.7 Å². The van der Waals surface area contributed by atoms with Gasteiger partial charge in [0.15, 0.2) is 5.82 Å². The molecule has 1 aliphatic rings. The lowest BCUT2D eigenvalue weighted by Gasteiger charge is -2.15. The number of nitrogens with two attached hydrogens (primary N) is 1. The number of ether oxygens (including phenoxy) is 1. The SMILES string of the molecule is Cc1nnc2n1-c1ccc(OCc3cccc(CN)c3)cc1C(c1ccc(Cl)cc1)=NC2. The molecule has 1 aromatic heterocycles. The highest BCUT2D eigenvalue weighted by atomic mass is 35.5. The minimum atomic E-state index is 0.440. The van der Waals surface area contributed by atoms with Crippen molar-refractivity contribution in [1.29, 1.82) is 0 Å². The molecule has 7 heteroatoms. The summed E-state index contributed by atoms with van der Waals surface area (Å²) < 4.78 is 8.20. The Bertz CT molecular complexity index is 1310. The average molecular weight is 444 g/mol. The third kappa shape index (κ3) is 3.90. The Labute approximate surface area is 191 Å². The third-order valence-corrected chi connectivity index (χ3v) is 5.74. The summed E-state index contributed by atoms with van der Waals surface area (Å²) in [6.07, 6.45) is 0. The first-order valence-electron chi connectivity index (χ1n) is 10.4. The van der Waals surface area contributed by atoms with Crippen molar-refractivity contribution in [1.82, 2.24) is 14.8 Å². The van der Waals surface area contributed by atoms with Crippen molar-refractivity contribution >= 4 is 17.3 Å². The average Bonchev–Trinajstić information content (AvgIpc) is 3.10. The fraction of sp³-hybridized carbons (Fsp3) is 0.160. The lowest BCUT2D eigenvalue weighted by Crippen LogP contribution is -2.09. The molecule has 0 aliphatic carbocycles. The number of aromatic nitrogens is 3. The Kier molecular flexibility index (Phi) is 5.47. The second kappa shape index (κ2) is 8.57. The number of benzene rings is 3. The number of aryl methyl sites for hydroxylation is 1. The van der Waals surface area contributed by atoms with E-state index in [1.54, 1.807) is 0 Å². The van der Waals surface area contributed by atoms with E-state index in [1.165, 1.54) is 0 Å². The number of rotatable bonds is 5. The summed E-state index contributed by atoms with van der Waals surface area (Å²) >= 11 is 6.12. The predicted octanol–water partition coefficient (Wildman–Crippen LogP) is 4.62. The molecule has 0 bridgehead atoms. The van der Waals surface area contributed by atoms with Crippen LogP contribution in [0.2, 0.25) is 5.02 Å². The molecule has 0 unspecified atom stereocenters. The summed E-state index contributed by atoms with van der Waals surface area (Å²) in [5.41, 5.74) is 11.7. The number of nitrogens with zero attached hydrogens (tertiary/aromatic N) is 4. The zero-order chi connectivity index (χ0) is 22.1. The molecule has 0 fully saturated rings. The first-order chi connectivity index (χ1) is 15.6. The van der Waals surface area contributed by atoms with Crippen LogP contribution in [0.1, 0.15) is 33.9 Å². The van der Waals surface area contributed by atoms with Crippen LogP contribution < -0.4 is 10.5 Å². The van der Waals surface area contributed by atoms with Crippen LogP contribution in [0.5, 0.6) is 5.75 Å². The topological polar surface area (TPSA) is 78.3 Å². The van der Waals surface area contributed by atoms with Gasteiger partial charge >= 0.3 is 0 Å². The minimum absolute atomic E-state index is 0.440. The molecule has 1 aliphatic heterocycles. The molecule has 5 rings (SSSR count). The van der Waals surface area contributed by atoms with Gasteiger partial charge in [0.2, 0.25) is 0 Å². The van der Waals surface area contributed by atoms with E-state index in [4.69, 9.17) is 27.1 Å². The molecule has 4 aromatic rings. The Morgan fingerprint density at radius 3 is 2.62 bits per heavy atom. The van der Waals surface area contributed by atoms with Crippen molar-refractivity contribution in [3.63, 3.8) is 0 Å². The van der Waals surface area contributed by atoms with E-state index in [-0.39, 0.29) is 0 Å². The normalized spacial score (nSPS) is 12.5. The molecular weight excluding hydrogens is 422 g/mol. The summed E-state index contributed by atoms with van der Waals surface area (Å²) in [5.74, 6) is 2.39. The highest BCUT2D eigenvalue weighted by molar-refractivity contribution is 6.30. The molecule has 2 N–H and O–H groups in total. The largest absolute Gasteiger partial charge is 0.489 e. The van der Waals surface area contributed by atoms with E-state index in [0.717, 1.165) is 51.1 Å². The fourth-order valence-corrected chi connectivity index (χ4v) is 4.04. The number of aliphatic imine (C=N–C) groups is 1. The van der Waals surface area contributed by atoms with Crippen molar-refractivity contribution in [3.8, 4) is 11.4 Å². The monoisotopic (exact) mass is 443 g/mol. The fourth-order valence-electron chi connectivity index (χ4n) is 3.91. The van der Waals surface area contributed by atoms with Crippen LogP contribution in [0.4, 0.5) is 0 Å². The first-order valence-corrected chi connectivity index (χ1v) is 10.8. The predicted molar refractivity (Wildman–Crippen MR) is 126 cm³/mol. The van der Waals surface area contributed by atoms with Crippen molar-refractivity contribution in [3.05, 3.63) is 106 Å². The van der Waals surface area contributed by atoms with Gasteiger partial charge in [0.25, 0.3) is 0 Å². The second-order valence-corrected chi connectivity index (χ2v) is 8.10. The summed E-state index contributed by atoms with van der Waals surface area (Å²) in [6, 6.07) is 21.9. The van der Waals surface area contributed by atoms with Crippen molar-refractivity contribution in [2.24, 2.45) is 10.7 Å². The van der Waals surface area contributed by atoms with Gasteiger partial charge in [-0.1, -0.05) is 48.0 Å². The maximum Gasteiger partial charge on any atom is 0.159 e. The molecule has 32 heavy (non-hydrogen) atoms. The molecule has 0 saturated heterocycles. The van der Waals surface area contributed by atoms with Gasteiger partial charge in [0, 0.05) is 22.7 Å². The molecule has 0 saturated carbocycles. The summed E-state index contributed by atoms with van der Waals surface area (Å²) in [4.78, 5) is 4.88. The van der Waals surface area contributed by atoms with E-state index in [0.29, 0.717) is 24.7 Å². The molecule has 0 atom stereocenters. The van der Waals surface area contributed by atoms with E-state index in [9.17, 15) is 0 Å². The number of halogens is 1. The zero-order valence-corrected chi connectivity index (χ0v) is 18.4. The van der Waals surface area contributed by atoms with Crippen LogP contribution >= 0.6 is 11.6 Å². The Hall–Kier alpha value is -3.48. The third-order valence-electron chi connectivity index (χ3n) is 5.48. The van der Waals surface area contributed by atoms with Crippen molar-refractivity contribution < 1.29 is 4.74 Å². The van der Waals surface area contributed by atoms with Gasteiger partial charge in [-0.25, -0.2) is 0 Å². The van der Waals surface area contributed by atoms with E-state index >= 15 is 0 Å². The van der Waals surface area contributed by atoms with Crippen LogP contribution in [-0.2, 0) is 19.7 Å². The zero-order valence-electron chi connectivity index (χ0n) is 17.6. The summed E-state index contributed by atoms with van der Waals surface area (Å²) in [6.45, 7) is 3.35.